The number of para-hydroxylation sites is 1. The molecule has 0 aliphatic carbocycles. The Kier molecular flexibility index (Phi) is 7.94. The van der Waals surface area contributed by atoms with Crippen LogP contribution in [0.3, 0.4) is 0 Å². The van der Waals surface area contributed by atoms with E-state index in [2.05, 4.69) is 21.8 Å². The number of carbonyl (C=O) groups is 1. The number of aryl methyl sites for hydroxylation is 2. The number of aromatic nitrogens is 1. The van der Waals surface area contributed by atoms with Gasteiger partial charge in [-0.15, -0.1) is 0 Å². The summed E-state index contributed by atoms with van der Waals surface area (Å²) < 4.78 is 36.9. The Morgan fingerprint density at radius 3 is 2.50 bits per heavy atom. The van der Waals surface area contributed by atoms with Crippen molar-refractivity contribution in [3.63, 3.8) is 0 Å². The average molecular weight is 544 g/mol. The summed E-state index contributed by atoms with van der Waals surface area (Å²) >= 11 is 7.30. The summed E-state index contributed by atoms with van der Waals surface area (Å²) in [5, 5.41) is 0.426. The Morgan fingerprint density at radius 2 is 1.78 bits per heavy atom. The van der Waals surface area contributed by atoms with Crippen molar-refractivity contribution in [3.8, 4) is 0 Å². The number of ether oxygens (including phenoxy) is 1. The first-order valence-corrected chi connectivity index (χ1v) is 14.0. The maximum absolute atomic E-state index is 13.3. The summed E-state index contributed by atoms with van der Waals surface area (Å²) in [4.78, 5) is 18.3. The quantitative estimate of drug-likeness (QED) is 0.295. The molecule has 3 aromatic carbocycles. The van der Waals surface area contributed by atoms with Crippen molar-refractivity contribution in [2.45, 2.75) is 32.2 Å². The van der Waals surface area contributed by atoms with Gasteiger partial charge in [-0.05, 0) is 80.4 Å². The number of thiazole rings is 1. The van der Waals surface area contributed by atoms with Crippen molar-refractivity contribution in [1.29, 1.82) is 0 Å². The Morgan fingerprint density at radius 1 is 1.08 bits per heavy atom. The van der Waals surface area contributed by atoms with Crippen LogP contribution in [0.1, 0.15) is 28.4 Å². The Hall–Kier alpha value is -2.98. The SMILES string of the molecule is CCOCCn1c(=NC(=O)c2ccccc2NS(=O)(=O)c2ccc(Cl)cc2)sc2cc(C)c(C)cc21. The molecule has 0 saturated heterocycles. The first kappa shape index (κ1) is 26.1. The first-order valence-electron chi connectivity index (χ1n) is 11.3. The van der Waals surface area contributed by atoms with Gasteiger partial charge in [-0.3, -0.25) is 9.52 Å². The van der Waals surface area contributed by atoms with Crippen LogP contribution in [0.15, 0.2) is 70.6 Å². The molecule has 0 fully saturated rings. The van der Waals surface area contributed by atoms with Gasteiger partial charge in [0.1, 0.15) is 0 Å². The molecule has 0 radical (unpaired) electrons. The van der Waals surface area contributed by atoms with E-state index in [4.69, 9.17) is 16.3 Å². The lowest BCUT2D eigenvalue weighted by Crippen LogP contribution is -2.20. The molecular weight excluding hydrogens is 518 g/mol. The molecule has 0 saturated carbocycles. The van der Waals surface area contributed by atoms with E-state index in [1.165, 1.54) is 41.7 Å². The normalized spacial score (nSPS) is 12.3. The van der Waals surface area contributed by atoms with E-state index in [9.17, 15) is 13.2 Å². The lowest BCUT2D eigenvalue weighted by Gasteiger charge is -2.11. The number of nitrogens with one attached hydrogen (secondary N) is 1. The maximum Gasteiger partial charge on any atom is 0.281 e. The summed E-state index contributed by atoms with van der Waals surface area (Å²) in [6.45, 7) is 7.63. The van der Waals surface area contributed by atoms with Crippen molar-refractivity contribution in [2.24, 2.45) is 4.99 Å². The largest absolute Gasteiger partial charge is 0.380 e. The minimum Gasteiger partial charge on any atom is -0.380 e. The molecule has 4 rings (SSSR count). The maximum atomic E-state index is 13.3. The lowest BCUT2D eigenvalue weighted by atomic mass is 10.1. The fourth-order valence-electron chi connectivity index (χ4n) is 3.65. The molecule has 1 aromatic heterocycles. The van der Waals surface area contributed by atoms with Crippen molar-refractivity contribution in [2.75, 3.05) is 17.9 Å². The van der Waals surface area contributed by atoms with Crippen LogP contribution in [0.25, 0.3) is 10.2 Å². The van der Waals surface area contributed by atoms with E-state index < -0.39 is 15.9 Å². The number of rotatable bonds is 8. The van der Waals surface area contributed by atoms with Gasteiger partial charge in [0.05, 0.1) is 33.0 Å². The molecule has 1 amide bonds. The molecule has 0 unspecified atom stereocenters. The van der Waals surface area contributed by atoms with Crippen LogP contribution in [0.2, 0.25) is 5.02 Å². The summed E-state index contributed by atoms with van der Waals surface area (Å²) in [6, 6.07) is 16.4. The van der Waals surface area contributed by atoms with E-state index in [0.29, 0.717) is 29.6 Å². The van der Waals surface area contributed by atoms with Crippen LogP contribution in [0, 0.1) is 13.8 Å². The molecule has 188 valence electrons. The predicted molar refractivity (Wildman–Crippen MR) is 144 cm³/mol. The second-order valence-corrected chi connectivity index (χ2v) is 11.3. The molecule has 10 heteroatoms. The van der Waals surface area contributed by atoms with E-state index >= 15 is 0 Å². The van der Waals surface area contributed by atoms with E-state index in [1.807, 2.05) is 25.3 Å². The fourth-order valence-corrected chi connectivity index (χ4v) is 5.99. The highest BCUT2D eigenvalue weighted by Gasteiger charge is 2.19. The molecule has 1 heterocycles. The minimum absolute atomic E-state index is 0.0371. The average Bonchev–Trinajstić information content (AvgIpc) is 3.15. The zero-order valence-corrected chi connectivity index (χ0v) is 22.5. The van der Waals surface area contributed by atoms with E-state index in [1.54, 1.807) is 18.2 Å². The van der Waals surface area contributed by atoms with Gasteiger partial charge >= 0.3 is 0 Å². The minimum atomic E-state index is -3.93. The highest BCUT2D eigenvalue weighted by atomic mass is 35.5. The van der Waals surface area contributed by atoms with Crippen molar-refractivity contribution in [1.82, 2.24) is 4.57 Å². The number of hydrogen-bond acceptors (Lipinski definition) is 5. The Labute approximate surface area is 219 Å². The number of carbonyl (C=O) groups excluding carboxylic acids is 1. The molecule has 1 N–H and O–H groups in total. The standard InChI is InChI=1S/C26H26ClN3O4S2/c1-4-34-14-13-30-23-15-17(2)18(3)16-24(23)35-26(30)28-25(31)21-7-5-6-8-22(21)29-36(32,33)20-11-9-19(27)10-12-20/h5-12,15-16,29H,4,13-14H2,1-3H3. The smallest absolute Gasteiger partial charge is 0.281 e. The predicted octanol–water partition coefficient (Wildman–Crippen LogP) is 5.55. The molecule has 36 heavy (non-hydrogen) atoms. The fraction of sp³-hybridized carbons (Fsp3) is 0.231. The third-order valence-electron chi connectivity index (χ3n) is 5.68. The van der Waals surface area contributed by atoms with Crippen LogP contribution in [0.5, 0.6) is 0 Å². The van der Waals surface area contributed by atoms with Gasteiger partial charge in [0.2, 0.25) is 0 Å². The molecule has 0 spiro atoms. The number of nitrogens with zero attached hydrogens (tertiary/aromatic N) is 2. The number of hydrogen-bond donors (Lipinski definition) is 1. The van der Waals surface area contributed by atoms with Gasteiger partial charge in [-0.25, -0.2) is 8.42 Å². The van der Waals surface area contributed by atoms with Gasteiger partial charge in [-0.1, -0.05) is 35.1 Å². The van der Waals surface area contributed by atoms with Crippen LogP contribution >= 0.6 is 22.9 Å². The van der Waals surface area contributed by atoms with Gasteiger partial charge in [-0.2, -0.15) is 4.99 Å². The number of anilines is 1. The first-order chi connectivity index (χ1) is 17.2. The highest BCUT2D eigenvalue weighted by molar-refractivity contribution is 7.92. The van der Waals surface area contributed by atoms with Gasteiger partial charge in [0, 0.05) is 18.2 Å². The van der Waals surface area contributed by atoms with E-state index in [0.717, 1.165) is 21.3 Å². The monoisotopic (exact) mass is 543 g/mol. The summed E-state index contributed by atoms with van der Waals surface area (Å²) in [5.74, 6) is -0.547. The topological polar surface area (TPSA) is 89.8 Å². The summed E-state index contributed by atoms with van der Waals surface area (Å²) in [5.41, 5.74) is 3.57. The van der Waals surface area contributed by atoms with Crippen molar-refractivity contribution >= 4 is 54.8 Å². The second kappa shape index (κ2) is 11.0. The van der Waals surface area contributed by atoms with Crippen LogP contribution < -0.4 is 9.52 Å². The van der Waals surface area contributed by atoms with Crippen molar-refractivity contribution < 1.29 is 17.9 Å². The third kappa shape index (κ3) is 5.70. The molecule has 0 atom stereocenters. The number of halogens is 1. The van der Waals surface area contributed by atoms with Crippen LogP contribution in [0.4, 0.5) is 5.69 Å². The van der Waals surface area contributed by atoms with Gasteiger partial charge < -0.3 is 9.30 Å². The van der Waals surface area contributed by atoms with Crippen molar-refractivity contribution in [3.05, 3.63) is 87.2 Å². The van der Waals surface area contributed by atoms with Crippen LogP contribution in [-0.4, -0.2) is 32.1 Å². The summed E-state index contributed by atoms with van der Waals surface area (Å²) in [7, 11) is -3.93. The number of benzene rings is 3. The molecule has 0 aliphatic rings. The Balaban J connectivity index is 1.75. The number of amides is 1. The third-order valence-corrected chi connectivity index (χ3v) is 8.36. The van der Waals surface area contributed by atoms with Gasteiger partial charge in [0.25, 0.3) is 15.9 Å². The van der Waals surface area contributed by atoms with Gasteiger partial charge in [0.15, 0.2) is 4.80 Å². The number of sulfonamides is 1. The zero-order valence-electron chi connectivity index (χ0n) is 20.1. The van der Waals surface area contributed by atoms with E-state index in [-0.39, 0.29) is 16.1 Å². The highest BCUT2D eigenvalue weighted by Crippen LogP contribution is 2.24. The van der Waals surface area contributed by atoms with Crippen LogP contribution in [-0.2, 0) is 21.3 Å². The lowest BCUT2D eigenvalue weighted by molar-refractivity contribution is 0.0997. The molecule has 4 aromatic rings. The number of fused-ring (bicyclic) bond motifs is 1. The molecular formula is C26H26ClN3O4S2. The second-order valence-electron chi connectivity index (χ2n) is 8.16. The molecule has 0 bridgehead atoms. The summed E-state index contributed by atoms with van der Waals surface area (Å²) in [6.07, 6.45) is 0. The molecule has 7 nitrogen and oxygen atoms in total. The Bertz CT molecular complexity index is 1590. The zero-order chi connectivity index (χ0) is 25.9. The molecule has 0 aliphatic heterocycles.